The number of carboxylic acids is 1. The van der Waals surface area contributed by atoms with E-state index in [-0.39, 0.29) is 24.6 Å². The first-order chi connectivity index (χ1) is 12.0. The van der Waals surface area contributed by atoms with Crippen molar-refractivity contribution in [2.45, 2.75) is 0 Å². The minimum atomic E-state index is -1.77. The number of anilines is 1. The predicted molar refractivity (Wildman–Crippen MR) is 77.8 cm³/mol. The van der Waals surface area contributed by atoms with Crippen molar-refractivity contribution < 1.29 is 42.3 Å². The van der Waals surface area contributed by atoms with Crippen molar-refractivity contribution in [1.29, 1.82) is 0 Å². The third kappa shape index (κ3) is 3.93. The van der Waals surface area contributed by atoms with Gasteiger partial charge in [-0.15, -0.1) is 10.2 Å². The van der Waals surface area contributed by atoms with Gasteiger partial charge in [0, 0.05) is 24.0 Å². The zero-order valence-corrected chi connectivity index (χ0v) is 13.3. The number of rotatable bonds is 4. The second kappa shape index (κ2) is 7.86. The number of imidazole rings is 1. The van der Waals surface area contributed by atoms with E-state index in [0.29, 0.717) is 18.0 Å². The van der Waals surface area contributed by atoms with Gasteiger partial charge in [0.25, 0.3) is 5.91 Å². The number of amides is 1. The Bertz CT molecular complexity index is 949. The largest absolute Gasteiger partial charge is 1.00 e. The van der Waals surface area contributed by atoms with Gasteiger partial charge in [-0.1, -0.05) is 0 Å². The van der Waals surface area contributed by atoms with Gasteiger partial charge in [-0.25, -0.2) is 13.8 Å². The molecule has 0 radical (unpaired) electrons. The van der Waals surface area contributed by atoms with Crippen LogP contribution in [-0.4, -0.2) is 31.6 Å². The van der Waals surface area contributed by atoms with Crippen molar-refractivity contribution >= 4 is 17.6 Å². The first-order valence-electron chi connectivity index (χ1n) is 6.79. The van der Waals surface area contributed by atoms with Crippen LogP contribution in [0.1, 0.15) is 20.8 Å². The van der Waals surface area contributed by atoms with Gasteiger partial charge in [0.15, 0.2) is 23.1 Å². The van der Waals surface area contributed by atoms with Crippen molar-refractivity contribution in [3.05, 3.63) is 65.9 Å². The van der Waals surface area contributed by atoms with Crippen LogP contribution < -0.4 is 29.3 Å². The van der Waals surface area contributed by atoms with Crippen LogP contribution in [-0.2, 0) is 0 Å². The number of carboxylic acid groups (broad SMARTS) is 1. The van der Waals surface area contributed by atoms with Crippen molar-refractivity contribution in [2.24, 2.45) is 0 Å². The number of aromatic nitrogens is 4. The molecule has 0 aliphatic rings. The molecule has 0 saturated carbocycles. The molecule has 3 aromatic rings. The molecule has 0 spiro atoms. The number of hydrogen-bond acceptors (Lipinski definition) is 6. The monoisotopic (exact) mass is 351 g/mol. The minimum absolute atomic E-state index is 0. The smallest absolute Gasteiger partial charge is 0.545 e. The van der Waals surface area contributed by atoms with E-state index >= 15 is 0 Å². The molecule has 3 rings (SSSR count). The summed E-state index contributed by atoms with van der Waals surface area (Å²) in [5.41, 5.74) is -1.31. The fourth-order valence-corrected chi connectivity index (χ4v) is 1.98. The van der Waals surface area contributed by atoms with E-state index in [1.165, 1.54) is 24.7 Å². The Labute approximate surface area is 157 Å². The summed E-state index contributed by atoms with van der Waals surface area (Å²) in [5.74, 6) is -4.91. The van der Waals surface area contributed by atoms with E-state index in [1.54, 1.807) is 10.8 Å². The Morgan fingerprint density at radius 2 is 1.85 bits per heavy atom. The van der Waals surface area contributed by atoms with Gasteiger partial charge in [0.05, 0.1) is 11.7 Å². The summed E-state index contributed by atoms with van der Waals surface area (Å²) in [6.45, 7) is 0. The fourth-order valence-electron chi connectivity index (χ4n) is 1.98. The Balaban J connectivity index is 0.00000243. The normalized spacial score (nSPS) is 10.1. The van der Waals surface area contributed by atoms with Crippen molar-refractivity contribution in [3.8, 4) is 5.82 Å². The molecule has 1 N–H and O–H groups in total. The van der Waals surface area contributed by atoms with Gasteiger partial charge in [0.2, 0.25) is 0 Å². The van der Waals surface area contributed by atoms with Crippen LogP contribution in [0.4, 0.5) is 14.5 Å². The van der Waals surface area contributed by atoms with Crippen molar-refractivity contribution in [3.63, 3.8) is 0 Å². The van der Waals surface area contributed by atoms with Crippen molar-refractivity contribution in [2.75, 3.05) is 5.32 Å². The van der Waals surface area contributed by atoms with Gasteiger partial charge in [-0.2, -0.15) is 0 Å². The van der Waals surface area contributed by atoms with Crippen LogP contribution in [0.2, 0.25) is 0 Å². The van der Waals surface area contributed by atoms with Crippen LogP contribution in [0.25, 0.3) is 5.82 Å². The molecule has 11 heteroatoms. The Morgan fingerprint density at radius 3 is 2.42 bits per heavy atom. The number of nitrogens with one attached hydrogen (secondary N) is 1. The van der Waals surface area contributed by atoms with Gasteiger partial charge in [0.1, 0.15) is 6.33 Å². The van der Waals surface area contributed by atoms with E-state index in [4.69, 9.17) is 0 Å². The summed E-state index contributed by atoms with van der Waals surface area (Å²) in [6.07, 6.45) is 4.64. The van der Waals surface area contributed by atoms with Crippen LogP contribution in [0.15, 0.2) is 43.0 Å². The first-order valence-corrected chi connectivity index (χ1v) is 6.79. The SMILES string of the molecule is O=C(Nc1cc(F)c(F)cc1C(=O)[O-])c1ccc(-n2ccnc2)nn1.[Li+]. The molecule has 0 aliphatic carbocycles. The van der Waals surface area contributed by atoms with E-state index < -0.39 is 34.8 Å². The molecular weight excluding hydrogens is 343 g/mol. The van der Waals surface area contributed by atoms with Gasteiger partial charge >= 0.3 is 18.9 Å². The Morgan fingerprint density at radius 1 is 1.12 bits per heavy atom. The van der Waals surface area contributed by atoms with Crippen LogP contribution in [0, 0.1) is 11.6 Å². The second-order valence-corrected chi connectivity index (χ2v) is 4.80. The van der Waals surface area contributed by atoms with E-state index in [9.17, 15) is 23.5 Å². The molecule has 0 fully saturated rings. The van der Waals surface area contributed by atoms with Gasteiger partial charge in [-0.05, 0) is 18.2 Å². The molecule has 1 aromatic carbocycles. The summed E-state index contributed by atoms with van der Waals surface area (Å²) in [4.78, 5) is 27.0. The maximum absolute atomic E-state index is 13.3. The maximum atomic E-state index is 13.3. The molecule has 1 amide bonds. The standard InChI is InChI=1S/C15H9F2N5O3.Li/c16-9-5-8(15(24)25)12(6-10(9)17)19-14(23)11-1-2-13(21-20-11)22-4-3-18-7-22;/h1-7H,(H,19,23)(H,24,25);/q;+1/p-1. The summed E-state index contributed by atoms with van der Waals surface area (Å²) in [6, 6.07) is 3.78. The molecule has 26 heavy (non-hydrogen) atoms. The van der Waals surface area contributed by atoms with E-state index in [2.05, 4.69) is 20.5 Å². The molecule has 2 aromatic heterocycles. The number of benzene rings is 1. The van der Waals surface area contributed by atoms with Crippen LogP contribution in [0.3, 0.4) is 0 Å². The predicted octanol–water partition coefficient (Wildman–Crippen LogP) is -2.44. The molecule has 8 nitrogen and oxygen atoms in total. The number of halogens is 2. The quantitative estimate of drug-likeness (QED) is 0.523. The van der Waals surface area contributed by atoms with E-state index in [0.717, 1.165) is 0 Å². The number of hydrogen-bond donors (Lipinski definition) is 1. The summed E-state index contributed by atoms with van der Waals surface area (Å²) >= 11 is 0. The molecule has 0 bridgehead atoms. The molecule has 0 unspecified atom stereocenters. The number of aromatic carboxylic acids is 1. The third-order valence-corrected chi connectivity index (χ3v) is 3.18. The van der Waals surface area contributed by atoms with Gasteiger partial charge < -0.3 is 15.2 Å². The Hall–Kier alpha value is -3.09. The van der Waals surface area contributed by atoms with E-state index in [1.807, 2.05) is 0 Å². The van der Waals surface area contributed by atoms with Crippen LogP contribution >= 0.6 is 0 Å². The topological polar surface area (TPSA) is 113 Å². The summed E-state index contributed by atoms with van der Waals surface area (Å²) < 4.78 is 28.0. The number of nitrogens with zero attached hydrogens (tertiary/aromatic N) is 4. The maximum Gasteiger partial charge on any atom is 1.00 e. The van der Waals surface area contributed by atoms with Crippen LogP contribution in [0.5, 0.6) is 0 Å². The molecule has 0 atom stereocenters. The molecular formula is C15H8F2LiN5O3. The average Bonchev–Trinajstić information content (AvgIpc) is 3.12. The van der Waals surface area contributed by atoms with Crippen molar-refractivity contribution in [1.82, 2.24) is 19.7 Å². The first kappa shape index (κ1) is 19.2. The second-order valence-electron chi connectivity index (χ2n) is 4.80. The minimum Gasteiger partial charge on any atom is -0.545 e. The average molecular weight is 351 g/mol. The Kier molecular flexibility index (Phi) is 5.81. The number of carbonyl (C=O) groups is 2. The molecule has 0 aliphatic heterocycles. The van der Waals surface area contributed by atoms with Gasteiger partial charge in [-0.3, -0.25) is 9.36 Å². The third-order valence-electron chi connectivity index (χ3n) is 3.18. The molecule has 0 saturated heterocycles. The molecule has 126 valence electrons. The summed E-state index contributed by atoms with van der Waals surface area (Å²) in [5, 5.41) is 20.7. The fraction of sp³-hybridized carbons (Fsp3) is 0. The molecule has 2 heterocycles. The zero-order chi connectivity index (χ0) is 18.0. The zero-order valence-electron chi connectivity index (χ0n) is 13.3. The summed E-state index contributed by atoms with van der Waals surface area (Å²) in [7, 11) is 0. The number of carbonyl (C=O) groups excluding carboxylic acids is 2.